The standard InChI is InChI=1S/C8H12ClN3S/c1-12-4-2-6(3-5-12)7-10-11-8(9)13-7/h6H,2-5H2,1H3. The fraction of sp³-hybridized carbons (Fsp3) is 0.750. The second-order valence-corrected chi connectivity index (χ2v) is 5.06. The van der Waals surface area contributed by atoms with Crippen LogP contribution in [0, 0.1) is 0 Å². The van der Waals surface area contributed by atoms with E-state index in [1.54, 1.807) is 0 Å². The number of aromatic nitrogens is 2. The van der Waals surface area contributed by atoms with Crippen molar-refractivity contribution in [2.24, 2.45) is 0 Å². The molecule has 1 fully saturated rings. The van der Waals surface area contributed by atoms with Gasteiger partial charge < -0.3 is 4.90 Å². The second-order valence-electron chi connectivity index (χ2n) is 3.47. The van der Waals surface area contributed by atoms with Crippen molar-refractivity contribution in [3.63, 3.8) is 0 Å². The Balaban J connectivity index is 2.02. The Hall–Kier alpha value is -0.190. The fourth-order valence-corrected chi connectivity index (χ4v) is 2.65. The van der Waals surface area contributed by atoms with E-state index in [4.69, 9.17) is 11.6 Å². The third kappa shape index (κ3) is 2.18. The summed E-state index contributed by atoms with van der Waals surface area (Å²) in [4.78, 5) is 2.35. The average Bonchev–Trinajstić information content (AvgIpc) is 2.53. The molecule has 0 N–H and O–H groups in total. The van der Waals surface area contributed by atoms with Gasteiger partial charge in [0.15, 0.2) is 0 Å². The van der Waals surface area contributed by atoms with Crippen LogP contribution in [0.15, 0.2) is 0 Å². The lowest BCUT2D eigenvalue weighted by molar-refractivity contribution is 0.255. The van der Waals surface area contributed by atoms with Crippen molar-refractivity contribution < 1.29 is 0 Å². The quantitative estimate of drug-likeness (QED) is 0.721. The Morgan fingerprint density at radius 3 is 2.62 bits per heavy atom. The lowest BCUT2D eigenvalue weighted by atomic mass is 9.98. The molecule has 0 radical (unpaired) electrons. The van der Waals surface area contributed by atoms with E-state index >= 15 is 0 Å². The highest BCUT2D eigenvalue weighted by molar-refractivity contribution is 7.15. The molecule has 0 spiro atoms. The van der Waals surface area contributed by atoms with E-state index < -0.39 is 0 Å². The molecule has 13 heavy (non-hydrogen) atoms. The summed E-state index contributed by atoms with van der Waals surface area (Å²) in [6.45, 7) is 2.31. The third-order valence-corrected chi connectivity index (χ3v) is 3.67. The monoisotopic (exact) mass is 217 g/mol. The van der Waals surface area contributed by atoms with Gasteiger partial charge in [-0.3, -0.25) is 0 Å². The first-order valence-corrected chi connectivity index (χ1v) is 5.62. The van der Waals surface area contributed by atoms with Gasteiger partial charge in [-0.2, -0.15) is 0 Å². The summed E-state index contributed by atoms with van der Waals surface area (Å²) >= 11 is 7.26. The number of halogens is 1. The number of nitrogens with zero attached hydrogens (tertiary/aromatic N) is 3. The largest absolute Gasteiger partial charge is 0.306 e. The van der Waals surface area contributed by atoms with Crippen LogP contribution < -0.4 is 0 Å². The van der Waals surface area contributed by atoms with Crippen LogP contribution in [0.2, 0.25) is 4.47 Å². The van der Waals surface area contributed by atoms with Gasteiger partial charge in [0.25, 0.3) is 0 Å². The summed E-state index contributed by atoms with van der Waals surface area (Å²) in [5, 5.41) is 9.02. The predicted octanol–water partition coefficient (Wildman–Crippen LogP) is 2.00. The zero-order valence-electron chi connectivity index (χ0n) is 7.53. The number of hydrogen-bond donors (Lipinski definition) is 0. The molecule has 5 heteroatoms. The van der Waals surface area contributed by atoms with Crippen molar-refractivity contribution in [3.8, 4) is 0 Å². The summed E-state index contributed by atoms with van der Waals surface area (Å²) in [7, 11) is 2.16. The summed E-state index contributed by atoms with van der Waals surface area (Å²) in [6.07, 6.45) is 2.37. The van der Waals surface area contributed by atoms with E-state index in [2.05, 4.69) is 22.1 Å². The Morgan fingerprint density at radius 2 is 2.08 bits per heavy atom. The first kappa shape index (κ1) is 9.37. The number of piperidine rings is 1. The fourth-order valence-electron chi connectivity index (χ4n) is 1.64. The molecule has 0 amide bonds. The minimum atomic E-state index is 0.564. The maximum absolute atomic E-state index is 5.74. The van der Waals surface area contributed by atoms with Crippen LogP contribution in [-0.4, -0.2) is 35.2 Å². The molecule has 0 atom stereocenters. The lowest BCUT2D eigenvalue weighted by Gasteiger charge is -2.27. The molecular weight excluding hydrogens is 206 g/mol. The van der Waals surface area contributed by atoms with Crippen LogP contribution in [0.25, 0.3) is 0 Å². The van der Waals surface area contributed by atoms with Crippen molar-refractivity contribution in [1.29, 1.82) is 0 Å². The molecule has 0 bridgehead atoms. The predicted molar refractivity (Wildman–Crippen MR) is 54.4 cm³/mol. The molecule has 1 aromatic rings. The average molecular weight is 218 g/mol. The van der Waals surface area contributed by atoms with Gasteiger partial charge in [-0.1, -0.05) is 11.3 Å². The van der Waals surface area contributed by atoms with Gasteiger partial charge in [0.05, 0.1) is 0 Å². The van der Waals surface area contributed by atoms with Crippen molar-refractivity contribution in [2.75, 3.05) is 20.1 Å². The van der Waals surface area contributed by atoms with Gasteiger partial charge in [-0.15, -0.1) is 10.2 Å². The molecule has 0 aliphatic carbocycles. The Labute approximate surface area is 86.7 Å². The smallest absolute Gasteiger partial charge is 0.207 e. The van der Waals surface area contributed by atoms with Crippen molar-refractivity contribution in [3.05, 3.63) is 9.47 Å². The van der Waals surface area contributed by atoms with Crippen LogP contribution >= 0.6 is 22.9 Å². The van der Waals surface area contributed by atoms with E-state index in [1.807, 2.05) is 0 Å². The normalized spacial score (nSPS) is 20.8. The zero-order chi connectivity index (χ0) is 9.26. The topological polar surface area (TPSA) is 29.0 Å². The lowest BCUT2D eigenvalue weighted by Crippen LogP contribution is -2.29. The SMILES string of the molecule is CN1CCC(c2nnc(Cl)s2)CC1. The summed E-state index contributed by atoms with van der Waals surface area (Å²) in [6, 6.07) is 0. The van der Waals surface area contributed by atoms with Gasteiger partial charge in [0.2, 0.25) is 4.47 Å². The van der Waals surface area contributed by atoms with Crippen LogP contribution in [0.1, 0.15) is 23.8 Å². The number of hydrogen-bond acceptors (Lipinski definition) is 4. The van der Waals surface area contributed by atoms with E-state index in [0.717, 1.165) is 18.1 Å². The third-order valence-electron chi connectivity index (χ3n) is 2.48. The Bertz CT molecular complexity index is 281. The molecule has 1 aromatic heterocycles. The molecule has 1 aliphatic heterocycles. The van der Waals surface area contributed by atoms with Crippen LogP contribution in [0.5, 0.6) is 0 Å². The molecule has 0 aromatic carbocycles. The van der Waals surface area contributed by atoms with E-state index in [-0.39, 0.29) is 0 Å². The minimum Gasteiger partial charge on any atom is -0.306 e. The van der Waals surface area contributed by atoms with Crippen molar-refractivity contribution >= 4 is 22.9 Å². The van der Waals surface area contributed by atoms with Gasteiger partial charge in [-0.05, 0) is 44.6 Å². The van der Waals surface area contributed by atoms with E-state index in [1.165, 1.54) is 24.2 Å². The summed E-state index contributed by atoms with van der Waals surface area (Å²) < 4.78 is 0.564. The van der Waals surface area contributed by atoms with Crippen LogP contribution in [-0.2, 0) is 0 Å². The highest BCUT2D eigenvalue weighted by Gasteiger charge is 2.21. The van der Waals surface area contributed by atoms with Gasteiger partial charge in [-0.25, -0.2) is 0 Å². The maximum atomic E-state index is 5.74. The molecule has 2 heterocycles. The van der Waals surface area contributed by atoms with Gasteiger partial charge >= 0.3 is 0 Å². The highest BCUT2D eigenvalue weighted by Crippen LogP contribution is 2.30. The minimum absolute atomic E-state index is 0.564. The zero-order valence-corrected chi connectivity index (χ0v) is 9.11. The van der Waals surface area contributed by atoms with Crippen LogP contribution in [0.3, 0.4) is 0 Å². The molecule has 0 unspecified atom stereocenters. The number of rotatable bonds is 1. The van der Waals surface area contributed by atoms with E-state index in [0.29, 0.717) is 10.4 Å². The molecule has 72 valence electrons. The molecular formula is C8H12ClN3S. The van der Waals surface area contributed by atoms with Crippen molar-refractivity contribution in [1.82, 2.24) is 15.1 Å². The summed E-state index contributed by atoms with van der Waals surface area (Å²) in [5.74, 6) is 0.584. The molecule has 1 saturated heterocycles. The second kappa shape index (κ2) is 3.90. The first-order valence-electron chi connectivity index (χ1n) is 4.43. The highest BCUT2D eigenvalue weighted by atomic mass is 35.5. The Kier molecular flexibility index (Phi) is 2.81. The van der Waals surface area contributed by atoms with Gasteiger partial charge in [0.1, 0.15) is 5.01 Å². The molecule has 1 aliphatic rings. The molecule has 0 saturated carbocycles. The molecule has 2 rings (SSSR count). The number of likely N-dealkylation sites (tertiary alicyclic amines) is 1. The van der Waals surface area contributed by atoms with Crippen LogP contribution in [0.4, 0.5) is 0 Å². The van der Waals surface area contributed by atoms with Gasteiger partial charge in [0, 0.05) is 5.92 Å². The van der Waals surface area contributed by atoms with Crippen molar-refractivity contribution in [2.45, 2.75) is 18.8 Å². The Morgan fingerprint density at radius 1 is 1.38 bits per heavy atom. The van der Waals surface area contributed by atoms with E-state index in [9.17, 15) is 0 Å². The maximum Gasteiger partial charge on any atom is 0.207 e. The first-order chi connectivity index (χ1) is 6.25. The molecule has 3 nitrogen and oxygen atoms in total. The summed E-state index contributed by atoms with van der Waals surface area (Å²) in [5.41, 5.74) is 0.